The highest BCUT2D eigenvalue weighted by Crippen LogP contribution is 2.27. The molecule has 5 nitrogen and oxygen atoms in total. The van der Waals surface area contributed by atoms with Gasteiger partial charge in [-0.2, -0.15) is 8.42 Å². The van der Waals surface area contributed by atoms with E-state index < -0.39 is 13.8 Å². The molecule has 1 N–H and O–H groups in total. The molecule has 3 rings (SSSR count). The van der Waals surface area contributed by atoms with Crippen molar-refractivity contribution in [3.63, 3.8) is 0 Å². The van der Waals surface area contributed by atoms with Crippen molar-refractivity contribution in [1.29, 1.82) is 0 Å². The van der Waals surface area contributed by atoms with Crippen molar-refractivity contribution in [3.8, 4) is 0 Å². The Bertz CT molecular complexity index is 1180. The minimum atomic E-state index is -4.00. The van der Waals surface area contributed by atoms with Crippen LogP contribution in [0.15, 0.2) is 105 Å². The number of sulfonamides is 1. The van der Waals surface area contributed by atoms with Crippen molar-refractivity contribution in [1.82, 2.24) is 5.32 Å². The average Bonchev–Trinajstić information content (AvgIpc) is 2.77. The highest BCUT2D eigenvalue weighted by molar-refractivity contribution is 7.90. The Morgan fingerprint density at radius 3 is 1.81 bits per heavy atom. The minimum absolute atomic E-state index is 0.0238. The Morgan fingerprint density at radius 2 is 1.28 bits per heavy atom. The molecule has 0 unspecified atom stereocenters. The average molecular weight is 509 g/mol. The summed E-state index contributed by atoms with van der Waals surface area (Å²) in [7, 11) is -4.00. The minimum Gasteiger partial charge on any atom is -0.328 e. The van der Waals surface area contributed by atoms with Gasteiger partial charge in [0, 0.05) is 6.42 Å². The first kappa shape index (κ1) is 24.3. The fourth-order valence-corrected chi connectivity index (χ4v) is 4.10. The monoisotopic (exact) mass is 507 g/mol. The fourth-order valence-electron chi connectivity index (χ4n) is 2.77. The summed E-state index contributed by atoms with van der Waals surface area (Å²) < 4.78 is 27.8. The van der Waals surface area contributed by atoms with E-state index in [-0.39, 0.29) is 29.5 Å². The highest BCUT2D eigenvalue weighted by atomic mass is 35.6. The van der Waals surface area contributed by atoms with Gasteiger partial charge in [0.15, 0.2) is 5.84 Å². The van der Waals surface area contributed by atoms with Crippen LogP contribution in [0.2, 0.25) is 0 Å². The molecule has 32 heavy (non-hydrogen) atoms. The molecule has 0 heterocycles. The summed E-state index contributed by atoms with van der Waals surface area (Å²) in [5.74, 6) is 0.0579. The zero-order chi connectivity index (χ0) is 23.0. The van der Waals surface area contributed by atoms with Crippen molar-refractivity contribution < 1.29 is 8.42 Å². The van der Waals surface area contributed by atoms with Crippen LogP contribution in [0.4, 0.5) is 0 Å². The molecule has 0 saturated carbocycles. The van der Waals surface area contributed by atoms with Gasteiger partial charge in [0.2, 0.25) is 3.79 Å². The van der Waals surface area contributed by atoms with Gasteiger partial charge in [-0.05, 0) is 23.3 Å². The standard InChI is InChI=1S/C23H20Cl3N3O2S/c24-23(25,26)22(27-17-19-12-6-2-7-13-19)28-21(16-18-10-4-1-5-11-18)29-32(30,31)20-14-8-3-9-15-20/h1-15H,16-17H2,(H,27,28,29). The summed E-state index contributed by atoms with van der Waals surface area (Å²) in [5.41, 5.74) is 1.73. The Morgan fingerprint density at radius 1 is 0.781 bits per heavy atom. The zero-order valence-corrected chi connectivity index (χ0v) is 19.9. The van der Waals surface area contributed by atoms with Gasteiger partial charge in [-0.15, -0.1) is 4.40 Å². The van der Waals surface area contributed by atoms with Crippen molar-refractivity contribution in [2.75, 3.05) is 0 Å². The van der Waals surface area contributed by atoms with Gasteiger partial charge in [0.25, 0.3) is 10.0 Å². The second-order valence-corrected chi connectivity index (χ2v) is 10.6. The van der Waals surface area contributed by atoms with Crippen LogP contribution < -0.4 is 5.32 Å². The van der Waals surface area contributed by atoms with Crippen LogP contribution in [0.5, 0.6) is 0 Å². The Balaban J connectivity index is 1.97. The largest absolute Gasteiger partial charge is 0.328 e. The van der Waals surface area contributed by atoms with Crippen LogP contribution in [0.1, 0.15) is 11.1 Å². The van der Waals surface area contributed by atoms with E-state index in [0.29, 0.717) is 0 Å². The van der Waals surface area contributed by atoms with Crippen LogP contribution in [0.3, 0.4) is 0 Å². The maximum absolute atomic E-state index is 12.9. The molecule has 0 bridgehead atoms. The molecule has 0 aromatic heterocycles. The lowest BCUT2D eigenvalue weighted by atomic mass is 10.1. The SMILES string of the molecule is O=S(=O)(/N=C(\Cc1ccccc1)NC(=NCc1ccccc1)C(Cl)(Cl)Cl)c1ccccc1. The van der Waals surface area contributed by atoms with Crippen LogP contribution in [0.25, 0.3) is 0 Å². The van der Waals surface area contributed by atoms with Gasteiger partial charge in [-0.1, -0.05) is 114 Å². The van der Waals surface area contributed by atoms with E-state index >= 15 is 0 Å². The first-order chi connectivity index (χ1) is 15.2. The van der Waals surface area contributed by atoms with E-state index in [0.717, 1.165) is 11.1 Å². The molecule has 0 spiro atoms. The van der Waals surface area contributed by atoms with E-state index in [1.165, 1.54) is 12.1 Å². The van der Waals surface area contributed by atoms with Crippen molar-refractivity contribution in [2.24, 2.45) is 9.39 Å². The van der Waals surface area contributed by atoms with Gasteiger partial charge in [0.05, 0.1) is 11.4 Å². The predicted molar refractivity (Wildman–Crippen MR) is 132 cm³/mol. The van der Waals surface area contributed by atoms with Gasteiger partial charge < -0.3 is 5.32 Å². The third-order valence-corrected chi connectivity index (χ3v) is 6.15. The normalized spacial score (nSPS) is 13.1. The summed E-state index contributed by atoms with van der Waals surface area (Å²) in [4.78, 5) is 4.44. The third-order valence-electron chi connectivity index (χ3n) is 4.28. The number of aliphatic imine (C=N–C) groups is 1. The Hall–Kier alpha value is -2.38. The number of amidine groups is 2. The number of rotatable bonds is 6. The van der Waals surface area contributed by atoms with Crippen LogP contribution in [0, 0.1) is 0 Å². The molecule has 9 heteroatoms. The second kappa shape index (κ2) is 11.0. The summed E-state index contributed by atoms with van der Waals surface area (Å²) in [6.45, 7) is 0.237. The molecule has 0 aliphatic rings. The zero-order valence-electron chi connectivity index (χ0n) is 16.8. The number of nitrogens with one attached hydrogen (secondary N) is 1. The van der Waals surface area contributed by atoms with Gasteiger partial charge in [0.1, 0.15) is 5.84 Å². The number of hydrogen-bond donors (Lipinski definition) is 1. The second-order valence-electron chi connectivity index (χ2n) is 6.76. The van der Waals surface area contributed by atoms with Crippen LogP contribution >= 0.6 is 34.8 Å². The first-order valence-corrected chi connectivity index (χ1v) is 12.2. The lowest BCUT2D eigenvalue weighted by molar-refractivity contribution is 0.598. The van der Waals surface area contributed by atoms with E-state index in [2.05, 4.69) is 14.7 Å². The number of halogens is 3. The molecule has 3 aromatic rings. The molecule has 0 amide bonds. The van der Waals surface area contributed by atoms with Gasteiger partial charge in [-0.25, -0.2) is 0 Å². The number of benzene rings is 3. The molecule has 0 aliphatic heterocycles. The van der Waals surface area contributed by atoms with Crippen LogP contribution in [-0.2, 0) is 23.0 Å². The van der Waals surface area contributed by atoms with Crippen LogP contribution in [-0.4, -0.2) is 23.9 Å². The molecule has 0 radical (unpaired) electrons. The maximum Gasteiger partial charge on any atom is 0.283 e. The molecular formula is C23H20Cl3N3O2S. The van der Waals surface area contributed by atoms with Crippen molar-refractivity contribution in [3.05, 3.63) is 102 Å². The summed E-state index contributed by atoms with van der Waals surface area (Å²) in [6, 6.07) is 26.6. The summed E-state index contributed by atoms with van der Waals surface area (Å²) >= 11 is 18.4. The summed E-state index contributed by atoms with van der Waals surface area (Å²) in [5, 5.41) is 2.86. The molecule has 0 atom stereocenters. The smallest absolute Gasteiger partial charge is 0.283 e. The maximum atomic E-state index is 12.9. The topological polar surface area (TPSA) is 70.9 Å². The van der Waals surface area contributed by atoms with E-state index in [4.69, 9.17) is 34.8 Å². The number of nitrogens with zero attached hydrogens (tertiary/aromatic N) is 2. The van der Waals surface area contributed by atoms with Gasteiger partial charge >= 0.3 is 0 Å². The van der Waals surface area contributed by atoms with Crippen molar-refractivity contribution in [2.45, 2.75) is 21.7 Å². The lowest BCUT2D eigenvalue weighted by Crippen LogP contribution is -2.40. The molecule has 0 aliphatic carbocycles. The van der Waals surface area contributed by atoms with E-state index in [9.17, 15) is 8.42 Å². The predicted octanol–water partition coefficient (Wildman–Crippen LogP) is 5.58. The van der Waals surface area contributed by atoms with Crippen molar-refractivity contribution >= 4 is 56.5 Å². The number of hydrogen-bond acceptors (Lipinski definition) is 3. The third kappa shape index (κ3) is 7.35. The van der Waals surface area contributed by atoms with Gasteiger partial charge in [-0.3, -0.25) is 4.99 Å². The molecule has 0 saturated heterocycles. The van der Waals surface area contributed by atoms with E-state index in [1.54, 1.807) is 18.2 Å². The number of alkyl halides is 3. The quantitative estimate of drug-likeness (QED) is 0.269. The summed E-state index contributed by atoms with van der Waals surface area (Å²) in [6.07, 6.45) is 0.165. The molecule has 0 fully saturated rings. The highest BCUT2D eigenvalue weighted by Gasteiger charge is 2.29. The molecular weight excluding hydrogens is 489 g/mol. The Kier molecular flexibility index (Phi) is 8.32. The lowest BCUT2D eigenvalue weighted by Gasteiger charge is -2.18. The Labute approximate surface area is 202 Å². The molecule has 3 aromatic carbocycles. The first-order valence-electron chi connectivity index (χ1n) is 9.59. The molecule has 166 valence electrons. The fraction of sp³-hybridized carbons (Fsp3) is 0.130. The van der Waals surface area contributed by atoms with E-state index in [1.807, 2.05) is 60.7 Å².